The average Bonchev–Trinajstić information content (AvgIpc) is 2.73. The molecule has 1 aromatic carbocycles. The topological polar surface area (TPSA) is 88.6 Å². The van der Waals surface area contributed by atoms with Gasteiger partial charge in [-0.25, -0.2) is 13.4 Å². The summed E-state index contributed by atoms with van der Waals surface area (Å²) < 4.78 is 69.2. The van der Waals surface area contributed by atoms with Crippen molar-refractivity contribution in [3.05, 3.63) is 48.2 Å². The van der Waals surface area contributed by atoms with Crippen molar-refractivity contribution >= 4 is 33.4 Å². The molecule has 0 atom stereocenters. The number of nitrogens with one attached hydrogen (secondary N) is 1. The molecule has 7 nitrogen and oxygen atoms in total. The summed E-state index contributed by atoms with van der Waals surface area (Å²) in [5.74, 6) is -0.463. The number of aromatic nitrogens is 1. The van der Waals surface area contributed by atoms with E-state index in [1.54, 1.807) is 0 Å². The van der Waals surface area contributed by atoms with Gasteiger partial charge < -0.3 is 10.1 Å². The maximum absolute atomic E-state index is 12.6. The molecule has 1 fully saturated rings. The molecule has 30 heavy (non-hydrogen) atoms. The molecule has 2 aromatic rings. The molecule has 0 aliphatic carbocycles. The van der Waals surface area contributed by atoms with Crippen molar-refractivity contribution in [1.29, 1.82) is 0 Å². The number of amides is 1. The zero-order chi connectivity index (χ0) is 21.8. The Balaban J connectivity index is 1.54. The van der Waals surface area contributed by atoms with Crippen LogP contribution in [0.1, 0.15) is 5.56 Å². The zero-order valence-electron chi connectivity index (χ0n) is 15.6. The van der Waals surface area contributed by atoms with Gasteiger partial charge in [-0.2, -0.15) is 17.5 Å². The highest BCUT2D eigenvalue weighted by Crippen LogP contribution is 2.30. The van der Waals surface area contributed by atoms with Gasteiger partial charge in [0.15, 0.2) is 0 Å². The third-order valence-corrected chi connectivity index (χ3v) is 6.99. The molecule has 162 valence electrons. The van der Waals surface area contributed by atoms with Crippen LogP contribution in [0, 0.1) is 0 Å². The highest BCUT2D eigenvalue weighted by Gasteiger charge is 2.30. The number of thioether (sulfide) groups is 1. The third-order valence-electron chi connectivity index (χ3n) is 4.16. The SMILES string of the molecule is O=C(CSc1ccc(S(=O)(=O)N2CCOCC2)cn1)Nc1ccc(C(F)(F)F)cc1. The number of morpholine rings is 1. The molecule has 1 saturated heterocycles. The summed E-state index contributed by atoms with van der Waals surface area (Å²) in [6.45, 7) is 1.25. The third kappa shape index (κ3) is 5.72. The summed E-state index contributed by atoms with van der Waals surface area (Å²) in [7, 11) is -3.64. The molecule has 1 aliphatic rings. The average molecular weight is 461 g/mol. The molecule has 0 unspecified atom stereocenters. The van der Waals surface area contributed by atoms with Gasteiger partial charge in [0.25, 0.3) is 0 Å². The minimum Gasteiger partial charge on any atom is -0.379 e. The second kappa shape index (κ2) is 9.33. The molecular weight excluding hydrogens is 443 g/mol. The fourth-order valence-electron chi connectivity index (χ4n) is 2.62. The van der Waals surface area contributed by atoms with E-state index in [0.29, 0.717) is 18.2 Å². The standard InChI is InChI=1S/C18H18F3N3O4S2/c19-18(20,21)13-1-3-14(4-2-13)23-16(25)12-29-17-6-5-15(11-22-17)30(26,27)24-7-9-28-10-8-24/h1-6,11H,7-10,12H2,(H,23,25). The maximum atomic E-state index is 12.6. The van der Waals surface area contributed by atoms with Crippen molar-refractivity contribution in [3.63, 3.8) is 0 Å². The maximum Gasteiger partial charge on any atom is 0.416 e. The number of halogens is 3. The number of benzene rings is 1. The summed E-state index contributed by atoms with van der Waals surface area (Å²) in [6.07, 6.45) is -3.20. The summed E-state index contributed by atoms with van der Waals surface area (Å²) in [5, 5.41) is 2.94. The van der Waals surface area contributed by atoms with E-state index in [1.165, 1.54) is 34.8 Å². The number of rotatable bonds is 6. The van der Waals surface area contributed by atoms with Gasteiger partial charge in [0.2, 0.25) is 15.9 Å². The largest absolute Gasteiger partial charge is 0.416 e. The van der Waals surface area contributed by atoms with Crippen LogP contribution in [0.15, 0.2) is 52.5 Å². The lowest BCUT2D eigenvalue weighted by molar-refractivity contribution is -0.137. The zero-order valence-corrected chi connectivity index (χ0v) is 17.2. The van der Waals surface area contributed by atoms with Crippen LogP contribution < -0.4 is 5.32 Å². The summed E-state index contributed by atoms with van der Waals surface area (Å²) in [5.41, 5.74) is -0.556. The fraction of sp³-hybridized carbons (Fsp3) is 0.333. The van der Waals surface area contributed by atoms with Gasteiger partial charge in [0.05, 0.1) is 29.6 Å². The number of carbonyl (C=O) groups is 1. The van der Waals surface area contributed by atoms with E-state index in [4.69, 9.17) is 4.74 Å². The molecule has 0 spiro atoms. The monoisotopic (exact) mass is 461 g/mol. The van der Waals surface area contributed by atoms with Crippen LogP contribution in [0.4, 0.5) is 18.9 Å². The Bertz CT molecular complexity index is 975. The van der Waals surface area contributed by atoms with E-state index in [1.807, 2.05) is 0 Å². The molecule has 1 N–H and O–H groups in total. The van der Waals surface area contributed by atoms with Gasteiger partial charge in [-0.3, -0.25) is 4.79 Å². The summed E-state index contributed by atoms with van der Waals surface area (Å²) >= 11 is 1.08. The number of hydrogen-bond acceptors (Lipinski definition) is 6. The molecule has 0 bridgehead atoms. The molecule has 1 amide bonds. The number of pyridine rings is 1. The molecule has 12 heteroatoms. The lowest BCUT2D eigenvalue weighted by Gasteiger charge is -2.25. The van der Waals surface area contributed by atoms with Crippen LogP contribution in [-0.2, 0) is 25.7 Å². The van der Waals surface area contributed by atoms with E-state index in [9.17, 15) is 26.4 Å². The Morgan fingerprint density at radius 2 is 1.80 bits per heavy atom. The first-order valence-corrected chi connectivity index (χ1v) is 11.2. The van der Waals surface area contributed by atoms with Crippen LogP contribution in [0.5, 0.6) is 0 Å². The number of hydrogen-bond donors (Lipinski definition) is 1. The molecule has 1 aromatic heterocycles. The normalized spacial score (nSPS) is 15.7. The van der Waals surface area contributed by atoms with Crippen molar-refractivity contribution in [2.24, 2.45) is 0 Å². The molecule has 0 radical (unpaired) electrons. The van der Waals surface area contributed by atoms with Crippen molar-refractivity contribution in [2.45, 2.75) is 16.1 Å². The van der Waals surface area contributed by atoms with Crippen LogP contribution in [0.2, 0.25) is 0 Å². The first kappa shape index (κ1) is 22.5. The van der Waals surface area contributed by atoms with E-state index < -0.39 is 27.7 Å². The quantitative estimate of drug-likeness (QED) is 0.666. The van der Waals surface area contributed by atoms with Crippen molar-refractivity contribution in [1.82, 2.24) is 9.29 Å². The van der Waals surface area contributed by atoms with Crippen molar-refractivity contribution < 1.29 is 31.1 Å². The fourth-order valence-corrected chi connectivity index (χ4v) is 4.62. The first-order valence-electron chi connectivity index (χ1n) is 8.80. The first-order chi connectivity index (χ1) is 14.2. The number of ether oxygens (including phenoxy) is 1. The van der Waals surface area contributed by atoms with Gasteiger partial charge in [-0.05, 0) is 36.4 Å². The second-order valence-electron chi connectivity index (χ2n) is 6.26. The predicted octanol–water partition coefficient (Wildman–Crippen LogP) is 2.85. The Hall–Kier alpha value is -2.15. The van der Waals surface area contributed by atoms with Gasteiger partial charge >= 0.3 is 6.18 Å². The number of alkyl halides is 3. The molecule has 3 rings (SSSR count). The molecule has 0 saturated carbocycles. The lowest BCUT2D eigenvalue weighted by atomic mass is 10.2. The smallest absolute Gasteiger partial charge is 0.379 e. The van der Waals surface area contributed by atoms with Gasteiger partial charge in [0.1, 0.15) is 4.90 Å². The summed E-state index contributed by atoms with van der Waals surface area (Å²) in [4.78, 5) is 16.1. The van der Waals surface area contributed by atoms with Crippen LogP contribution in [0.25, 0.3) is 0 Å². The van der Waals surface area contributed by atoms with Crippen molar-refractivity contribution in [3.8, 4) is 0 Å². The van der Waals surface area contributed by atoms with E-state index in [-0.39, 0.29) is 29.4 Å². The highest BCUT2D eigenvalue weighted by molar-refractivity contribution is 7.99. The van der Waals surface area contributed by atoms with Gasteiger partial charge in [-0.1, -0.05) is 11.8 Å². The van der Waals surface area contributed by atoms with E-state index in [0.717, 1.165) is 23.9 Å². The number of sulfonamides is 1. The van der Waals surface area contributed by atoms with Crippen molar-refractivity contribution in [2.75, 3.05) is 37.4 Å². The Morgan fingerprint density at radius 3 is 2.37 bits per heavy atom. The molecular formula is C18H18F3N3O4S2. The van der Waals surface area contributed by atoms with E-state index in [2.05, 4.69) is 10.3 Å². The minimum atomic E-state index is -4.44. The van der Waals surface area contributed by atoms with E-state index >= 15 is 0 Å². The predicted molar refractivity (Wildman–Crippen MR) is 105 cm³/mol. The van der Waals surface area contributed by atoms with Crippen LogP contribution >= 0.6 is 11.8 Å². The highest BCUT2D eigenvalue weighted by atomic mass is 32.2. The number of nitrogens with zero attached hydrogens (tertiary/aromatic N) is 2. The lowest BCUT2D eigenvalue weighted by Crippen LogP contribution is -2.40. The van der Waals surface area contributed by atoms with Crippen LogP contribution in [-0.4, -0.2) is 55.7 Å². The number of carbonyl (C=O) groups excluding carboxylic acids is 1. The van der Waals surface area contributed by atoms with Gasteiger partial charge in [0, 0.05) is 25.0 Å². The minimum absolute atomic E-state index is 0.0381. The molecule has 1 aliphatic heterocycles. The Labute approximate surface area is 175 Å². The Kier molecular flexibility index (Phi) is 7.01. The Morgan fingerprint density at radius 1 is 1.13 bits per heavy atom. The summed E-state index contributed by atoms with van der Waals surface area (Å²) in [6, 6.07) is 7.05. The van der Waals surface area contributed by atoms with Crippen LogP contribution in [0.3, 0.4) is 0 Å². The molecule has 2 heterocycles. The van der Waals surface area contributed by atoms with Gasteiger partial charge in [-0.15, -0.1) is 0 Å². The second-order valence-corrected chi connectivity index (χ2v) is 9.19. The number of anilines is 1.